The molecule has 0 fully saturated rings. The lowest BCUT2D eigenvalue weighted by Crippen LogP contribution is -2.23. The lowest BCUT2D eigenvalue weighted by atomic mass is 10.2. The van der Waals surface area contributed by atoms with Gasteiger partial charge in [0.1, 0.15) is 17.1 Å². The predicted octanol–water partition coefficient (Wildman–Crippen LogP) is 3.68. The zero-order chi connectivity index (χ0) is 20.1. The zero-order valence-electron chi connectivity index (χ0n) is 16.2. The van der Waals surface area contributed by atoms with E-state index >= 15 is 0 Å². The van der Waals surface area contributed by atoms with Crippen LogP contribution in [0.3, 0.4) is 0 Å². The molecule has 4 aromatic rings. The minimum atomic E-state index is -0.0135. The molecular formula is C23H22N4O2. The fourth-order valence-corrected chi connectivity index (χ4v) is 3.23. The van der Waals surface area contributed by atoms with Gasteiger partial charge in [0.25, 0.3) is 0 Å². The predicted molar refractivity (Wildman–Crippen MR) is 112 cm³/mol. The van der Waals surface area contributed by atoms with Gasteiger partial charge in [0, 0.05) is 31.3 Å². The topological polar surface area (TPSA) is 69.0 Å². The first-order chi connectivity index (χ1) is 14.2. The number of hydrogen-bond acceptors (Lipinski definition) is 4. The van der Waals surface area contributed by atoms with Gasteiger partial charge in [-0.2, -0.15) is 0 Å². The van der Waals surface area contributed by atoms with Crippen molar-refractivity contribution in [3.8, 4) is 11.4 Å². The maximum atomic E-state index is 12.4. The maximum Gasteiger partial charge on any atom is 0.220 e. The van der Waals surface area contributed by atoms with Crippen LogP contribution in [0, 0.1) is 0 Å². The molecule has 0 atom stereocenters. The van der Waals surface area contributed by atoms with Crippen LogP contribution in [-0.4, -0.2) is 27.6 Å². The minimum Gasteiger partial charge on any atom is -0.497 e. The summed E-state index contributed by atoms with van der Waals surface area (Å²) in [7, 11) is 1.63. The molecule has 0 unspecified atom stereocenters. The zero-order valence-corrected chi connectivity index (χ0v) is 16.2. The van der Waals surface area contributed by atoms with Crippen LogP contribution in [0.1, 0.15) is 17.8 Å². The summed E-state index contributed by atoms with van der Waals surface area (Å²) in [4.78, 5) is 21.6. The second-order valence-electron chi connectivity index (χ2n) is 6.67. The summed E-state index contributed by atoms with van der Waals surface area (Å²) in [6.45, 7) is 0.486. The number of aryl methyl sites for hydroxylation is 1. The molecule has 2 aromatic heterocycles. The normalized spacial score (nSPS) is 10.8. The van der Waals surface area contributed by atoms with E-state index in [0.717, 1.165) is 34.0 Å². The molecular weight excluding hydrogens is 364 g/mol. The number of fused-ring (bicyclic) bond motifs is 1. The first kappa shape index (κ1) is 18.7. The standard InChI is InChI=1S/C23H22N4O2/c1-29-19-11-9-17(10-12-19)16-25-22(28)14-13-21-26-20-8-5-15-24-23(20)27(21)18-6-3-2-4-7-18/h2-12,15H,13-14,16H2,1H3,(H,25,28). The van der Waals surface area contributed by atoms with E-state index in [2.05, 4.69) is 10.3 Å². The summed E-state index contributed by atoms with van der Waals surface area (Å²) in [5, 5.41) is 2.97. The van der Waals surface area contributed by atoms with Gasteiger partial charge in [-0.25, -0.2) is 9.97 Å². The lowest BCUT2D eigenvalue weighted by Gasteiger charge is -2.09. The summed E-state index contributed by atoms with van der Waals surface area (Å²) in [6, 6.07) is 21.4. The molecule has 0 saturated carbocycles. The highest BCUT2D eigenvalue weighted by Gasteiger charge is 2.14. The molecule has 6 nitrogen and oxygen atoms in total. The number of carbonyl (C=O) groups is 1. The van der Waals surface area contributed by atoms with Crippen molar-refractivity contribution in [1.29, 1.82) is 0 Å². The Bertz CT molecular complexity index is 1100. The molecule has 0 bridgehead atoms. The molecule has 0 radical (unpaired) electrons. The van der Waals surface area contributed by atoms with E-state index in [9.17, 15) is 4.79 Å². The van der Waals surface area contributed by atoms with Crippen molar-refractivity contribution < 1.29 is 9.53 Å². The number of amides is 1. The van der Waals surface area contributed by atoms with Crippen molar-refractivity contribution in [2.75, 3.05) is 7.11 Å². The number of para-hydroxylation sites is 1. The van der Waals surface area contributed by atoms with Gasteiger partial charge >= 0.3 is 0 Å². The number of methoxy groups -OCH3 is 1. The molecule has 0 aliphatic carbocycles. The third-order valence-corrected chi connectivity index (χ3v) is 4.72. The Hall–Kier alpha value is -3.67. The number of imidazole rings is 1. The van der Waals surface area contributed by atoms with E-state index in [1.807, 2.05) is 71.3 Å². The quantitative estimate of drug-likeness (QED) is 0.526. The Balaban J connectivity index is 1.46. The number of nitrogens with zero attached hydrogens (tertiary/aromatic N) is 3. The van der Waals surface area contributed by atoms with Crippen LogP contribution in [0.25, 0.3) is 16.9 Å². The molecule has 29 heavy (non-hydrogen) atoms. The van der Waals surface area contributed by atoms with Crippen LogP contribution in [0.15, 0.2) is 72.9 Å². The Labute approximate surface area is 169 Å². The van der Waals surface area contributed by atoms with Crippen molar-refractivity contribution in [2.24, 2.45) is 0 Å². The molecule has 1 N–H and O–H groups in total. The van der Waals surface area contributed by atoms with Gasteiger partial charge < -0.3 is 10.1 Å². The molecule has 2 heterocycles. The van der Waals surface area contributed by atoms with Crippen molar-refractivity contribution in [3.05, 3.63) is 84.3 Å². The van der Waals surface area contributed by atoms with Gasteiger partial charge in [0.2, 0.25) is 5.91 Å². The average Bonchev–Trinajstić information content (AvgIpc) is 3.15. The fraction of sp³-hybridized carbons (Fsp3) is 0.174. The van der Waals surface area contributed by atoms with Gasteiger partial charge in [-0.05, 0) is 42.0 Å². The number of carbonyl (C=O) groups excluding carboxylic acids is 1. The smallest absolute Gasteiger partial charge is 0.220 e. The van der Waals surface area contributed by atoms with Crippen molar-refractivity contribution in [1.82, 2.24) is 19.9 Å². The van der Waals surface area contributed by atoms with Gasteiger partial charge in [-0.15, -0.1) is 0 Å². The molecule has 2 aromatic carbocycles. The van der Waals surface area contributed by atoms with Crippen molar-refractivity contribution in [2.45, 2.75) is 19.4 Å². The Morgan fingerprint density at radius 2 is 1.83 bits per heavy atom. The van der Waals surface area contributed by atoms with Crippen LogP contribution in [0.4, 0.5) is 0 Å². The highest BCUT2D eigenvalue weighted by molar-refractivity contribution is 5.77. The molecule has 146 valence electrons. The number of pyridine rings is 1. The molecule has 0 saturated heterocycles. The maximum absolute atomic E-state index is 12.4. The highest BCUT2D eigenvalue weighted by Crippen LogP contribution is 2.20. The summed E-state index contributed by atoms with van der Waals surface area (Å²) < 4.78 is 7.17. The van der Waals surface area contributed by atoms with Gasteiger partial charge in [-0.1, -0.05) is 30.3 Å². The highest BCUT2D eigenvalue weighted by atomic mass is 16.5. The van der Waals surface area contributed by atoms with Crippen LogP contribution in [-0.2, 0) is 17.8 Å². The second kappa shape index (κ2) is 8.56. The summed E-state index contributed by atoms with van der Waals surface area (Å²) in [5.41, 5.74) is 3.64. The summed E-state index contributed by atoms with van der Waals surface area (Å²) in [6.07, 6.45) is 2.64. The van der Waals surface area contributed by atoms with Gasteiger partial charge in [0.15, 0.2) is 5.65 Å². The Morgan fingerprint density at radius 3 is 2.59 bits per heavy atom. The monoisotopic (exact) mass is 386 g/mol. The van der Waals surface area contributed by atoms with E-state index in [1.165, 1.54) is 0 Å². The van der Waals surface area contributed by atoms with Crippen LogP contribution < -0.4 is 10.1 Å². The Morgan fingerprint density at radius 1 is 1.03 bits per heavy atom. The molecule has 0 aliphatic heterocycles. The van der Waals surface area contributed by atoms with Crippen LogP contribution in [0.2, 0.25) is 0 Å². The van der Waals surface area contributed by atoms with Gasteiger partial charge in [0.05, 0.1) is 7.11 Å². The SMILES string of the molecule is COc1ccc(CNC(=O)CCc2nc3cccnc3n2-c2ccccc2)cc1. The van der Waals surface area contributed by atoms with Gasteiger partial charge in [-0.3, -0.25) is 9.36 Å². The number of nitrogens with one attached hydrogen (secondary N) is 1. The average molecular weight is 386 g/mol. The lowest BCUT2D eigenvalue weighted by molar-refractivity contribution is -0.121. The van der Waals surface area contributed by atoms with Crippen LogP contribution >= 0.6 is 0 Å². The molecule has 6 heteroatoms. The number of hydrogen-bond donors (Lipinski definition) is 1. The van der Waals surface area contributed by atoms with E-state index in [-0.39, 0.29) is 5.91 Å². The Kier molecular flexibility index (Phi) is 5.52. The summed E-state index contributed by atoms with van der Waals surface area (Å²) >= 11 is 0. The van der Waals surface area contributed by atoms with E-state index in [0.29, 0.717) is 19.4 Å². The third-order valence-electron chi connectivity index (χ3n) is 4.72. The van der Waals surface area contributed by atoms with Crippen molar-refractivity contribution in [3.63, 3.8) is 0 Å². The largest absolute Gasteiger partial charge is 0.497 e. The van der Waals surface area contributed by atoms with Crippen LogP contribution in [0.5, 0.6) is 5.75 Å². The first-order valence-electron chi connectivity index (χ1n) is 9.52. The number of rotatable bonds is 7. The van der Waals surface area contributed by atoms with E-state index < -0.39 is 0 Å². The number of benzene rings is 2. The van der Waals surface area contributed by atoms with Crippen molar-refractivity contribution >= 4 is 17.1 Å². The molecule has 4 rings (SSSR count). The third kappa shape index (κ3) is 4.27. The summed E-state index contributed by atoms with van der Waals surface area (Å²) in [5.74, 6) is 1.61. The molecule has 0 aliphatic rings. The number of aromatic nitrogens is 3. The first-order valence-corrected chi connectivity index (χ1v) is 9.52. The van der Waals surface area contributed by atoms with E-state index in [1.54, 1.807) is 13.3 Å². The van der Waals surface area contributed by atoms with E-state index in [4.69, 9.17) is 9.72 Å². The molecule has 1 amide bonds. The minimum absolute atomic E-state index is 0.0135. The second-order valence-corrected chi connectivity index (χ2v) is 6.67. The fourth-order valence-electron chi connectivity index (χ4n) is 3.23. The number of ether oxygens (including phenoxy) is 1. The molecule has 0 spiro atoms.